The maximum atomic E-state index is 13.5. The smallest absolute Gasteiger partial charge is 0.337 e. The molecular weight excluding hydrogens is 287 g/mol. The number of benzene rings is 1. The quantitative estimate of drug-likeness (QED) is 0.943. The van der Waals surface area contributed by atoms with Gasteiger partial charge in [-0.2, -0.15) is 0 Å². The lowest BCUT2D eigenvalue weighted by Crippen LogP contribution is -2.36. The van der Waals surface area contributed by atoms with Gasteiger partial charge in [0, 0.05) is 24.8 Å². The van der Waals surface area contributed by atoms with Crippen molar-refractivity contribution in [2.45, 2.75) is 0 Å². The van der Waals surface area contributed by atoms with Crippen molar-refractivity contribution in [2.75, 3.05) is 31.2 Å². The molecular formula is C16H15FN2O3. The molecule has 2 aromatic rings. The number of rotatable bonds is 3. The summed E-state index contributed by atoms with van der Waals surface area (Å²) in [5, 5.41) is 9.33. The normalized spacial score (nSPS) is 14.9. The van der Waals surface area contributed by atoms with Crippen molar-refractivity contribution >= 4 is 11.8 Å². The molecule has 0 bridgehead atoms. The molecule has 0 spiro atoms. The van der Waals surface area contributed by atoms with E-state index in [0.29, 0.717) is 43.2 Å². The average Bonchev–Trinajstić information content (AvgIpc) is 2.55. The van der Waals surface area contributed by atoms with Gasteiger partial charge in [0.2, 0.25) is 0 Å². The van der Waals surface area contributed by atoms with Crippen LogP contribution in [0.5, 0.6) is 0 Å². The highest BCUT2D eigenvalue weighted by Crippen LogP contribution is 2.28. The fraction of sp³-hybridized carbons (Fsp3) is 0.250. The van der Waals surface area contributed by atoms with Crippen LogP contribution in [0, 0.1) is 5.82 Å². The third kappa shape index (κ3) is 2.92. The molecule has 1 N–H and O–H groups in total. The van der Waals surface area contributed by atoms with Crippen LogP contribution in [0.15, 0.2) is 36.5 Å². The zero-order chi connectivity index (χ0) is 15.5. The summed E-state index contributed by atoms with van der Waals surface area (Å²) in [5.41, 5.74) is 1.04. The molecule has 0 radical (unpaired) electrons. The first-order valence-corrected chi connectivity index (χ1v) is 6.97. The Morgan fingerprint density at radius 1 is 1.27 bits per heavy atom. The molecule has 1 aliphatic rings. The van der Waals surface area contributed by atoms with Crippen LogP contribution in [0.25, 0.3) is 11.1 Å². The standard InChI is InChI=1S/C16H15FN2O3/c17-12-3-1-2-11(8-12)13-9-15(18-10-14(13)16(20)21)19-4-6-22-7-5-19/h1-3,8-10H,4-7H2,(H,20,21). The molecule has 5 nitrogen and oxygen atoms in total. The molecule has 0 amide bonds. The maximum absolute atomic E-state index is 13.5. The number of halogens is 1. The van der Waals surface area contributed by atoms with Crippen LogP contribution < -0.4 is 4.90 Å². The SMILES string of the molecule is O=C(O)c1cnc(N2CCOCC2)cc1-c1cccc(F)c1. The maximum Gasteiger partial charge on any atom is 0.337 e. The molecule has 0 aliphatic carbocycles. The number of aromatic nitrogens is 1. The highest BCUT2D eigenvalue weighted by molar-refractivity contribution is 5.96. The van der Waals surface area contributed by atoms with Crippen LogP contribution in [0.4, 0.5) is 10.2 Å². The van der Waals surface area contributed by atoms with Crippen LogP contribution in [0.3, 0.4) is 0 Å². The molecule has 2 heterocycles. The number of carboxylic acids is 1. The number of nitrogens with zero attached hydrogens (tertiary/aromatic N) is 2. The number of ether oxygens (including phenoxy) is 1. The molecule has 0 atom stereocenters. The Hall–Kier alpha value is -2.47. The summed E-state index contributed by atoms with van der Waals surface area (Å²) in [7, 11) is 0. The van der Waals surface area contributed by atoms with E-state index >= 15 is 0 Å². The molecule has 1 aliphatic heterocycles. The number of hydrogen-bond acceptors (Lipinski definition) is 4. The van der Waals surface area contributed by atoms with Crippen LogP contribution >= 0.6 is 0 Å². The molecule has 6 heteroatoms. The van der Waals surface area contributed by atoms with Gasteiger partial charge in [-0.25, -0.2) is 14.2 Å². The average molecular weight is 302 g/mol. The lowest BCUT2D eigenvalue weighted by molar-refractivity contribution is 0.0697. The van der Waals surface area contributed by atoms with E-state index in [1.165, 1.54) is 18.3 Å². The van der Waals surface area contributed by atoms with E-state index in [-0.39, 0.29) is 5.56 Å². The monoisotopic (exact) mass is 302 g/mol. The highest BCUT2D eigenvalue weighted by atomic mass is 19.1. The zero-order valence-electron chi connectivity index (χ0n) is 11.8. The Labute approximate surface area is 127 Å². The second-order valence-corrected chi connectivity index (χ2v) is 5.00. The molecule has 22 heavy (non-hydrogen) atoms. The van der Waals surface area contributed by atoms with Gasteiger partial charge in [-0.1, -0.05) is 12.1 Å². The number of morpholine rings is 1. The van der Waals surface area contributed by atoms with Crippen molar-refractivity contribution in [3.05, 3.63) is 47.9 Å². The molecule has 1 aromatic heterocycles. The first kappa shape index (κ1) is 14.5. The Bertz CT molecular complexity index is 700. The number of carboxylic acid groups (broad SMARTS) is 1. The fourth-order valence-electron chi connectivity index (χ4n) is 2.48. The van der Waals surface area contributed by atoms with Gasteiger partial charge < -0.3 is 14.7 Å². The van der Waals surface area contributed by atoms with Gasteiger partial charge in [-0.15, -0.1) is 0 Å². The largest absolute Gasteiger partial charge is 0.478 e. The molecule has 3 rings (SSSR count). The summed E-state index contributed by atoms with van der Waals surface area (Å²) in [6.45, 7) is 2.61. The van der Waals surface area contributed by atoms with Crippen molar-refractivity contribution in [2.24, 2.45) is 0 Å². The van der Waals surface area contributed by atoms with Crippen LogP contribution in [-0.4, -0.2) is 42.4 Å². The predicted molar refractivity (Wildman–Crippen MR) is 79.6 cm³/mol. The summed E-state index contributed by atoms with van der Waals surface area (Å²) in [5.74, 6) is -0.813. The van der Waals surface area contributed by atoms with Crippen molar-refractivity contribution in [1.29, 1.82) is 0 Å². The summed E-state index contributed by atoms with van der Waals surface area (Å²) in [6.07, 6.45) is 1.33. The topological polar surface area (TPSA) is 62.7 Å². The number of hydrogen-bond donors (Lipinski definition) is 1. The molecule has 114 valence electrons. The van der Waals surface area contributed by atoms with Gasteiger partial charge in [-0.05, 0) is 23.8 Å². The second kappa shape index (κ2) is 6.11. The second-order valence-electron chi connectivity index (χ2n) is 5.00. The molecule has 1 aromatic carbocycles. The minimum atomic E-state index is -1.08. The number of anilines is 1. The van der Waals surface area contributed by atoms with Gasteiger partial charge in [0.05, 0.1) is 18.8 Å². The summed E-state index contributed by atoms with van der Waals surface area (Å²) >= 11 is 0. The van der Waals surface area contributed by atoms with E-state index in [1.54, 1.807) is 18.2 Å². The van der Waals surface area contributed by atoms with E-state index in [4.69, 9.17) is 4.74 Å². The number of pyridine rings is 1. The van der Waals surface area contributed by atoms with Crippen LogP contribution in [0.1, 0.15) is 10.4 Å². The zero-order valence-corrected chi connectivity index (χ0v) is 11.8. The number of aromatic carboxylic acids is 1. The van der Waals surface area contributed by atoms with E-state index in [9.17, 15) is 14.3 Å². The summed E-state index contributed by atoms with van der Waals surface area (Å²) in [6, 6.07) is 7.60. The lowest BCUT2D eigenvalue weighted by atomic mass is 10.0. The van der Waals surface area contributed by atoms with Gasteiger partial charge in [0.1, 0.15) is 11.6 Å². The predicted octanol–water partition coefficient (Wildman–Crippen LogP) is 2.42. The first-order valence-electron chi connectivity index (χ1n) is 6.97. The van der Waals surface area contributed by atoms with Gasteiger partial charge in [0.15, 0.2) is 0 Å². The van der Waals surface area contributed by atoms with Crippen molar-refractivity contribution in [3.63, 3.8) is 0 Å². The van der Waals surface area contributed by atoms with Crippen LogP contribution in [0.2, 0.25) is 0 Å². The molecule has 1 saturated heterocycles. The minimum absolute atomic E-state index is 0.0580. The first-order chi connectivity index (χ1) is 10.6. The van der Waals surface area contributed by atoms with E-state index in [2.05, 4.69) is 4.98 Å². The highest BCUT2D eigenvalue weighted by Gasteiger charge is 2.18. The van der Waals surface area contributed by atoms with Gasteiger partial charge in [-0.3, -0.25) is 0 Å². The Kier molecular flexibility index (Phi) is 4.02. The Morgan fingerprint density at radius 2 is 2.05 bits per heavy atom. The third-order valence-electron chi connectivity index (χ3n) is 3.59. The third-order valence-corrected chi connectivity index (χ3v) is 3.59. The molecule has 0 unspecified atom stereocenters. The van der Waals surface area contributed by atoms with Gasteiger partial charge in [0.25, 0.3) is 0 Å². The summed E-state index contributed by atoms with van der Waals surface area (Å²) < 4.78 is 18.8. The minimum Gasteiger partial charge on any atom is -0.478 e. The Balaban J connectivity index is 2.06. The number of carbonyl (C=O) groups is 1. The van der Waals surface area contributed by atoms with E-state index in [1.807, 2.05) is 4.90 Å². The summed E-state index contributed by atoms with van der Waals surface area (Å²) in [4.78, 5) is 17.7. The van der Waals surface area contributed by atoms with Crippen molar-refractivity contribution in [1.82, 2.24) is 4.98 Å². The van der Waals surface area contributed by atoms with Crippen molar-refractivity contribution < 1.29 is 19.0 Å². The fourth-order valence-corrected chi connectivity index (χ4v) is 2.48. The van der Waals surface area contributed by atoms with E-state index < -0.39 is 11.8 Å². The lowest BCUT2D eigenvalue weighted by Gasteiger charge is -2.28. The van der Waals surface area contributed by atoms with Crippen LogP contribution in [-0.2, 0) is 4.74 Å². The molecule has 0 saturated carbocycles. The molecule has 1 fully saturated rings. The van der Waals surface area contributed by atoms with Gasteiger partial charge >= 0.3 is 5.97 Å². The van der Waals surface area contributed by atoms with Crippen molar-refractivity contribution in [3.8, 4) is 11.1 Å². The van der Waals surface area contributed by atoms with E-state index in [0.717, 1.165) is 0 Å². The Morgan fingerprint density at radius 3 is 2.73 bits per heavy atom.